The van der Waals surface area contributed by atoms with Gasteiger partial charge in [-0.05, 0) is 13.8 Å². The van der Waals surface area contributed by atoms with Crippen LogP contribution in [0.4, 0.5) is 0 Å². The first kappa shape index (κ1) is 12.8. The van der Waals surface area contributed by atoms with Crippen molar-refractivity contribution < 1.29 is 9.53 Å². The summed E-state index contributed by atoms with van der Waals surface area (Å²) in [6.07, 6.45) is 3.19. The number of carbonyl (C=O) groups excluding carboxylic acids is 1. The van der Waals surface area contributed by atoms with Crippen LogP contribution in [0.5, 0.6) is 0 Å². The van der Waals surface area contributed by atoms with Gasteiger partial charge in [-0.1, -0.05) is 17.8 Å². The first-order valence-electron chi connectivity index (χ1n) is 4.97. The smallest absolute Gasteiger partial charge is 0.330 e. The fourth-order valence-electron chi connectivity index (χ4n) is 0.971. The van der Waals surface area contributed by atoms with Crippen molar-refractivity contribution >= 4 is 17.7 Å². The molecule has 0 N–H and O–H groups in total. The molecule has 0 saturated carbocycles. The molecule has 0 bridgehead atoms. The molecule has 16 heavy (non-hydrogen) atoms. The Morgan fingerprint density at radius 2 is 2.31 bits per heavy atom. The molecule has 0 saturated heterocycles. The zero-order valence-electron chi connectivity index (χ0n) is 9.64. The summed E-state index contributed by atoms with van der Waals surface area (Å²) < 4.78 is 6.66. The van der Waals surface area contributed by atoms with E-state index in [-0.39, 0.29) is 5.97 Å². The van der Waals surface area contributed by atoms with E-state index < -0.39 is 0 Å². The third kappa shape index (κ3) is 3.69. The Hall–Kier alpha value is -1.30. The number of ether oxygens (including phenoxy) is 1. The van der Waals surface area contributed by atoms with Crippen LogP contribution in [0, 0.1) is 6.92 Å². The Balaban J connectivity index is 2.36. The molecular formula is C10H15N3O2S. The van der Waals surface area contributed by atoms with Crippen molar-refractivity contribution in [1.29, 1.82) is 0 Å². The maximum Gasteiger partial charge on any atom is 0.330 e. The van der Waals surface area contributed by atoms with Gasteiger partial charge in [0.25, 0.3) is 0 Å². The van der Waals surface area contributed by atoms with Gasteiger partial charge in [0.1, 0.15) is 5.82 Å². The van der Waals surface area contributed by atoms with Crippen LogP contribution in [0.3, 0.4) is 0 Å². The van der Waals surface area contributed by atoms with Crippen LogP contribution in [0.25, 0.3) is 0 Å². The number of hydrogen-bond donors (Lipinski definition) is 0. The van der Waals surface area contributed by atoms with Crippen molar-refractivity contribution in [2.24, 2.45) is 7.05 Å². The van der Waals surface area contributed by atoms with Crippen LogP contribution in [0.1, 0.15) is 12.7 Å². The summed E-state index contributed by atoms with van der Waals surface area (Å²) in [6, 6.07) is 0. The molecule has 1 rings (SSSR count). The molecular weight excluding hydrogens is 226 g/mol. The second-order valence-electron chi connectivity index (χ2n) is 3.05. The summed E-state index contributed by atoms with van der Waals surface area (Å²) in [6.45, 7) is 4.08. The number of hydrogen-bond acceptors (Lipinski definition) is 5. The summed E-state index contributed by atoms with van der Waals surface area (Å²) in [4.78, 5) is 11.0. The summed E-state index contributed by atoms with van der Waals surface area (Å²) in [5.74, 6) is 1.24. The van der Waals surface area contributed by atoms with Gasteiger partial charge in [-0.2, -0.15) is 0 Å². The summed E-state index contributed by atoms with van der Waals surface area (Å²) in [7, 11) is 1.91. The number of rotatable bonds is 5. The fourth-order valence-corrected chi connectivity index (χ4v) is 1.74. The van der Waals surface area contributed by atoms with Gasteiger partial charge in [-0.25, -0.2) is 4.79 Å². The van der Waals surface area contributed by atoms with Gasteiger partial charge in [-0.15, -0.1) is 10.2 Å². The highest BCUT2D eigenvalue weighted by molar-refractivity contribution is 7.99. The Morgan fingerprint density at radius 3 is 2.88 bits per heavy atom. The first-order valence-corrected chi connectivity index (χ1v) is 5.95. The van der Waals surface area contributed by atoms with Crippen LogP contribution in [0.15, 0.2) is 17.3 Å². The van der Waals surface area contributed by atoms with E-state index in [4.69, 9.17) is 4.74 Å². The Labute approximate surface area is 98.9 Å². The lowest BCUT2D eigenvalue weighted by Gasteiger charge is -1.98. The highest BCUT2D eigenvalue weighted by atomic mass is 32.2. The molecule has 0 atom stereocenters. The number of esters is 1. The Morgan fingerprint density at radius 1 is 1.56 bits per heavy atom. The van der Waals surface area contributed by atoms with Crippen molar-refractivity contribution in [1.82, 2.24) is 14.8 Å². The van der Waals surface area contributed by atoms with Crippen LogP contribution in [-0.2, 0) is 16.6 Å². The molecule has 0 unspecified atom stereocenters. The summed E-state index contributed by atoms with van der Waals surface area (Å²) in [5.41, 5.74) is 0. The monoisotopic (exact) mass is 241 g/mol. The van der Waals surface area contributed by atoms with Gasteiger partial charge in [0.2, 0.25) is 0 Å². The lowest BCUT2D eigenvalue weighted by molar-refractivity contribution is -0.137. The molecule has 0 amide bonds. The van der Waals surface area contributed by atoms with Crippen molar-refractivity contribution in [3.63, 3.8) is 0 Å². The number of carbonyl (C=O) groups is 1. The summed E-state index contributed by atoms with van der Waals surface area (Å²) >= 11 is 1.52. The van der Waals surface area contributed by atoms with Crippen LogP contribution < -0.4 is 0 Å². The standard InChI is InChI=1S/C10H15N3O2S/c1-4-15-9(14)6-5-7-16-10-12-11-8(2)13(10)3/h5-6H,4,7H2,1-3H3/b6-5+. The van der Waals surface area contributed by atoms with Crippen LogP contribution in [-0.4, -0.2) is 33.1 Å². The third-order valence-electron chi connectivity index (χ3n) is 1.90. The Bertz CT molecular complexity index is 387. The minimum absolute atomic E-state index is 0.308. The predicted octanol–water partition coefficient (Wildman–Crippen LogP) is 1.33. The van der Waals surface area contributed by atoms with E-state index in [1.54, 1.807) is 13.0 Å². The normalized spacial score (nSPS) is 10.9. The zero-order chi connectivity index (χ0) is 12.0. The van der Waals surface area contributed by atoms with E-state index in [2.05, 4.69) is 10.2 Å². The van der Waals surface area contributed by atoms with Gasteiger partial charge < -0.3 is 9.30 Å². The molecule has 0 aromatic carbocycles. The van der Waals surface area contributed by atoms with Crippen molar-refractivity contribution in [3.8, 4) is 0 Å². The molecule has 6 heteroatoms. The average molecular weight is 241 g/mol. The maximum atomic E-state index is 11.0. The number of nitrogens with zero attached hydrogens (tertiary/aromatic N) is 3. The number of thioether (sulfide) groups is 1. The highest BCUT2D eigenvalue weighted by Gasteiger charge is 2.03. The average Bonchev–Trinajstić information content (AvgIpc) is 2.56. The second kappa shape index (κ2) is 6.32. The molecule has 1 aromatic heterocycles. The van der Waals surface area contributed by atoms with Gasteiger partial charge >= 0.3 is 5.97 Å². The molecule has 1 aromatic rings. The number of aryl methyl sites for hydroxylation is 1. The quantitative estimate of drug-likeness (QED) is 0.442. The highest BCUT2D eigenvalue weighted by Crippen LogP contribution is 2.14. The largest absolute Gasteiger partial charge is 0.463 e. The van der Waals surface area contributed by atoms with E-state index in [1.807, 2.05) is 18.5 Å². The van der Waals surface area contributed by atoms with Crippen molar-refractivity contribution in [2.75, 3.05) is 12.4 Å². The molecule has 0 aliphatic rings. The van der Waals surface area contributed by atoms with E-state index in [0.29, 0.717) is 12.4 Å². The van der Waals surface area contributed by atoms with Crippen LogP contribution in [0.2, 0.25) is 0 Å². The topological polar surface area (TPSA) is 57.0 Å². The molecule has 88 valence electrons. The van der Waals surface area contributed by atoms with E-state index >= 15 is 0 Å². The molecule has 0 aliphatic heterocycles. The lowest BCUT2D eigenvalue weighted by Crippen LogP contribution is -1.99. The van der Waals surface area contributed by atoms with Gasteiger partial charge in [0.05, 0.1) is 6.61 Å². The molecule has 0 spiro atoms. The van der Waals surface area contributed by atoms with E-state index in [0.717, 1.165) is 11.0 Å². The van der Waals surface area contributed by atoms with Gasteiger partial charge in [0, 0.05) is 18.9 Å². The lowest BCUT2D eigenvalue weighted by atomic mass is 10.5. The minimum atomic E-state index is -0.308. The fraction of sp³-hybridized carbons (Fsp3) is 0.500. The molecule has 0 fully saturated rings. The first-order chi connectivity index (χ1) is 7.65. The van der Waals surface area contributed by atoms with E-state index in [9.17, 15) is 4.79 Å². The second-order valence-corrected chi connectivity index (χ2v) is 4.04. The molecule has 0 aliphatic carbocycles. The van der Waals surface area contributed by atoms with Crippen LogP contribution >= 0.6 is 11.8 Å². The van der Waals surface area contributed by atoms with Gasteiger partial charge in [0.15, 0.2) is 5.16 Å². The van der Waals surface area contributed by atoms with E-state index in [1.165, 1.54) is 17.8 Å². The third-order valence-corrected chi connectivity index (χ3v) is 2.87. The van der Waals surface area contributed by atoms with Crippen molar-refractivity contribution in [3.05, 3.63) is 18.0 Å². The maximum absolute atomic E-state index is 11.0. The zero-order valence-corrected chi connectivity index (χ0v) is 10.5. The SMILES string of the molecule is CCOC(=O)/C=C/CSc1nnc(C)n1C. The van der Waals surface area contributed by atoms with Crippen molar-refractivity contribution in [2.45, 2.75) is 19.0 Å². The van der Waals surface area contributed by atoms with Gasteiger partial charge in [-0.3, -0.25) is 0 Å². The molecule has 5 nitrogen and oxygen atoms in total. The predicted molar refractivity (Wildman–Crippen MR) is 62.2 cm³/mol. The minimum Gasteiger partial charge on any atom is -0.463 e. The Kier molecular flexibility index (Phi) is 5.04. The summed E-state index contributed by atoms with van der Waals surface area (Å²) in [5, 5.41) is 8.77. The molecule has 0 radical (unpaired) electrons. The number of aromatic nitrogens is 3. The molecule has 1 heterocycles.